The van der Waals surface area contributed by atoms with Gasteiger partial charge in [-0.25, -0.2) is 0 Å². The number of nitrogens with one attached hydrogen (secondary N) is 2. The van der Waals surface area contributed by atoms with Gasteiger partial charge in [-0.3, -0.25) is 0 Å². The topological polar surface area (TPSA) is 35.9 Å². The summed E-state index contributed by atoms with van der Waals surface area (Å²) in [6.07, 6.45) is 7.59. The zero-order valence-electron chi connectivity index (χ0n) is 9.20. The van der Waals surface area contributed by atoms with Crippen LogP contribution >= 0.6 is 0 Å². The minimum Gasteiger partial charge on any atom is -0.387 e. The molecule has 0 saturated heterocycles. The van der Waals surface area contributed by atoms with Gasteiger partial charge in [0.05, 0.1) is 11.4 Å². The van der Waals surface area contributed by atoms with Crippen molar-refractivity contribution in [2.24, 2.45) is 0 Å². The molecule has 2 N–H and O–H groups in total. The second kappa shape index (κ2) is 4.62. The molecule has 0 unspecified atom stereocenters. The molecule has 16 heavy (non-hydrogen) atoms. The summed E-state index contributed by atoms with van der Waals surface area (Å²) in [7, 11) is 1.88. The van der Waals surface area contributed by atoms with Crippen LogP contribution in [0.1, 0.15) is 5.56 Å². The third kappa shape index (κ3) is 1.96. The van der Waals surface area contributed by atoms with Gasteiger partial charge in [-0.05, 0) is 11.6 Å². The van der Waals surface area contributed by atoms with E-state index in [0.717, 1.165) is 16.8 Å². The molecule has 0 aromatic heterocycles. The molecule has 80 valence electrons. The first-order valence-electron chi connectivity index (χ1n) is 5.24. The first-order valence-corrected chi connectivity index (χ1v) is 5.24. The van der Waals surface area contributed by atoms with Gasteiger partial charge in [-0.15, -0.1) is 0 Å². The standard InChI is InChI=1S/C14H14N2/c1-16-14(11-7-3-2-4-8-11)12-9-5-6-10-13(12)15/h2-10,15-16H,1H3/b14-12-,15-13?. The van der Waals surface area contributed by atoms with E-state index in [4.69, 9.17) is 5.41 Å². The van der Waals surface area contributed by atoms with Crippen LogP contribution in [0.2, 0.25) is 0 Å². The molecule has 0 saturated carbocycles. The molecule has 0 radical (unpaired) electrons. The van der Waals surface area contributed by atoms with Crippen LogP contribution in [0.3, 0.4) is 0 Å². The van der Waals surface area contributed by atoms with Gasteiger partial charge in [0.1, 0.15) is 0 Å². The van der Waals surface area contributed by atoms with Gasteiger partial charge in [0, 0.05) is 12.6 Å². The SMILES string of the molecule is CN/C(=C1/C=CC=CC1=N)c1ccccc1. The largest absolute Gasteiger partial charge is 0.387 e. The van der Waals surface area contributed by atoms with E-state index in [1.807, 2.05) is 55.6 Å². The molecule has 2 heteroatoms. The summed E-state index contributed by atoms with van der Waals surface area (Å²) >= 11 is 0. The van der Waals surface area contributed by atoms with Gasteiger partial charge in [-0.2, -0.15) is 0 Å². The minimum atomic E-state index is 0.538. The monoisotopic (exact) mass is 210 g/mol. The minimum absolute atomic E-state index is 0.538. The first-order chi connectivity index (χ1) is 7.83. The normalized spacial score (nSPS) is 17.4. The van der Waals surface area contributed by atoms with E-state index in [-0.39, 0.29) is 0 Å². The summed E-state index contributed by atoms with van der Waals surface area (Å²) in [5.41, 5.74) is 3.56. The van der Waals surface area contributed by atoms with Crippen LogP contribution in [-0.2, 0) is 0 Å². The van der Waals surface area contributed by atoms with Crippen LogP contribution in [-0.4, -0.2) is 12.8 Å². The van der Waals surface area contributed by atoms with E-state index in [2.05, 4.69) is 5.32 Å². The Labute approximate surface area is 95.5 Å². The molecular weight excluding hydrogens is 196 g/mol. The van der Waals surface area contributed by atoms with Crippen molar-refractivity contribution in [3.8, 4) is 0 Å². The van der Waals surface area contributed by atoms with Crippen molar-refractivity contribution in [3.05, 3.63) is 65.8 Å². The highest BCUT2D eigenvalue weighted by atomic mass is 14.8. The molecule has 1 aliphatic carbocycles. The Morgan fingerprint density at radius 2 is 1.75 bits per heavy atom. The number of hydrogen-bond acceptors (Lipinski definition) is 2. The van der Waals surface area contributed by atoms with E-state index >= 15 is 0 Å². The smallest absolute Gasteiger partial charge is 0.0633 e. The third-order valence-corrected chi connectivity index (χ3v) is 2.51. The molecule has 0 amide bonds. The van der Waals surface area contributed by atoms with Crippen molar-refractivity contribution in [1.82, 2.24) is 5.32 Å². The lowest BCUT2D eigenvalue weighted by Crippen LogP contribution is -2.12. The van der Waals surface area contributed by atoms with Gasteiger partial charge in [0.2, 0.25) is 0 Å². The van der Waals surface area contributed by atoms with Gasteiger partial charge < -0.3 is 10.7 Å². The summed E-state index contributed by atoms with van der Waals surface area (Å²) in [6, 6.07) is 10.1. The number of benzene rings is 1. The highest BCUT2D eigenvalue weighted by molar-refractivity contribution is 6.14. The van der Waals surface area contributed by atoms with Crippen molar-refractivity contribution in [1.29, 1.82) is 5.41 Å². The Balaban J connectivity index is 2.51. The maximum absolute atomic E-state index is 7.89. The summed E-state index contributed by atoms with van der Waals surface area (Å²) in [5.74, 6) is 0. The van der Waals surface area contributed by atoms with Gasteiger partial charge in [0.15, 0.2) is 0 Å². The number of allylic oxidation sites excluding steroid dienone is 5. The summed E-state index contributed by atoms with van der Waals surface area (Å²) < 4.78 is 0. The van der Waals surface area contributed by atoms with Crippen LogP contribution < -0.4 is 5.32 Å². The average molecular weight is 210 g/mol. The van der Waals surface area contributed by atoms with E-state index in [0.29, 0.717) is 5.71 Å². The molecule has 1 aliphatic rings. The molecule has 1 aromatic rings. The lowest BCUT2D eigenvalue weighted by Gasteiger charge is -2.13. The van der Waals surface area contributed by atoms with Crippen LogP contribution in [0.15, 0.2) is 60.2 Å². The Bertz CT molecular complexity index is 479. The second-order valence-electron chi connectivity index (χ2n) is 3.54. The van der Waals surface area contributed by atoms with E-state index in [1.54, 1.807) is 6.08 Å². The molecule has 2 nitrogen and oxygen atoms in total. The van der Waals surface area contributed by atoms with Crippen molar-refractivity contribution >= 4 is 11.4 Å². The van der Waals surface area contributed by atoms with Crippen molar-refractivity contribution in [3.63, 3.8) is 0 Å². The summed E-state index contributed by atoms with van der Waals surface area (Å²) in [4.78, 5) is 0. The van der Waals surface area contributed by atoms with Gasteiger partial charge in [-0.1, -0.05) is 48.6 Å². The fourth-order valence-electron chi connectivity index (χ4n) is 1.74. The van der Waals surface area contributed by atoms with Crippen LogP contribution in [0, 0.1) is 5.41 Å². The lowest BCUT2D eigenvalue weighted by molar-refractivity contribution is 1.12. The molecule has 0 aliphatic heterocycles. The van der Waals surface area contributed by atoms with Gasteiger partial charge in [0.25, 0.3) is 0 Å². The summed E-state index contributed by atoms with van der Waals surface area (Å²) in [5, 5.41) is 11.1. The summed E-state index contributed by atoms with van der Waals surface area (Å²) in [6.45, 7) is 0. The maximum Gasteiger partial charge on any atom is 0.0633 e. The fourth-order valence-corrected chi connectivity index (χ4v) is 1.74. The second-order valence-corrected chi connectivity index (χ2v) is 3.54. The predicted molar refractivity (Wildman–Crippen MR) is 68.4 cm³/mol. The molecular formula is C14H14N2. The highest BCUT2D eigenvalue weighted by Gasteiger charge is 2.09. The molecule has 1 aromatic carbocycles. The molecule has 0 bridgehead atoms. The fraction of sp³-hybridized carbons (Fsp3) is 0.0714. The quantitative estimate of drug-likeness (QED) is 0.773. The molecule has 0 spiro atoms. The molecule has 2 rings (SSSR count). The Hall–Kier alpha value is -2.09. The predicted octanol–water partition coefficient (Wildman–Crippen LogP) is 2.76. The van der Waals surface area contributed by atoms with Crippen molar-refractivity contribution in [2.75, 3.05) is 7.05 Å². The third-order valence-electron chi connectivity index (χ3n) is 2.51. The van der Waals surface area contributed by atoms with Crippen LogP contribution in [0.5, 0.6) is 0 Å². The molecule has 0 fully saturated rings. The average Bonchev–Trinajstić information content (AvgIpc) is 2.34. The molecule has 0 atom stereocenters. The number of rotatable bonds is 2. The maximum atomic E-state index is 7.89. The Kier molecular flexibility index (Phi) is 3.01. The number of hydrogen-bond donors (Lipinski definition) is 2. The Morgan fingerprint density at radius 3 is 2.38 bits per heavy atom. The first kappa shape index (κ1) is 10.4. The highest BCUT2D eigenvalue weighted by Crippen LogP contribution is 2.19. The van der Waals surface area contributed by atoms with Crippen LogP contribution in [0.25, 0.3) is 5.70 Å². The van der Waals surface area contributed by atoms with Crippen molar-refractivity contribution in [2.45, 2.75) is 0 Å². The molecule has 0 heterocycles. The Morgan fingerprint density at radius 1 is 1.06 bits per heavy atom. The van der Waals surface area contributed by atoms with E-state index < -0.39 is 0 Å². The zero-order valence-corrected chi connectivity index (χ0v) is 9.20. The zero-order chi connectivity index (χ0) is 11.4. The lowest BCUT2D eigenvalue weighted by atomic mass is 9.99. The van der Waals surface area contributed by atoms with Gasteiger partial charge >= 0.3 is 0 Å². The van der Waals surface area contributed by atoms with Crippen molar-refractivity contribution < 1.29 is 0 Å². The van der Waals surface area contributed by atoms with E-state index in [9.17, 15) is 0 Å². The van der Waals surface area contributed by atoms with E-state index in [1.165, 1.54) is 0 Å². The van der Waals surface area contributed by atoms with Crippen LogP contribution in [0.4, 0.5) is 0 Å².